The van der Waals surface area contributed by atoms with Gasteiger partial charge in [0, 0.05) is 26.2 Å². The number of benzene rings is 6. The Morgan fingerprint density at radius 1 is 0.538 bits per heavy atom. The van der Waals surface area contributed by atoms with E-state index in [9.17, 15) is 0 Å². The highest BCUT2D eigenvalue weighted by Gasteiger charge is 2.23. The van der Waals surface area contributed by atoms with Crippen molar-refractivity contribution in [1.29, 1.82) is 0 Å². The molecule has 3 aromatic heterocycles. The van der Waals surface area contributed by atoms with Gasteiger partial charge >= 0.3 is 0 Å². The van der Waals surface area contributed by atoms with Crippen LogP contribution in [0.25, 0.3) is 80.4 Å². The van der Waals surface area contributed by atoms with Gasteiger partial charge in [0.25, 0.3) is 0 Å². The molecule has 3 heterocycles. The third-order valence-corrected chi connectivity index (χ3v) is 9.31. The Labute approximate surface area is 227 Å². The average molecular weight is 516 g/mol. The summed E-state index contributed by atoms with van der Waals surface area (Å²) in [6.45, 7) is 2.08. The molecule has 0 fully saturated rings. The Kier molecular flexibility index (Phi) is 4.14. The fraction of sp³-hybridized carbons (Fsp3) is 0.0286. The zero-order valence-electron chi connectivity index (χ0n) is 21.1. The van der Waals surface area contributed by atoms with Gasteiger partial charge in [0.1, 0.15) is 0 Å². The highest BCUT2D eigenvalue weighted by Crippen LogP contribution is 2.49. The van der Waals surface area contributed by atoms with Gasteiger partial charge in [-0.25, -0.2) is 9.97 Å². The van der Waals surface area contributed by atoms with Crippen molar-refractivity contribution in [1.82, 2.24) is 14.5 Å². The Morgan fingerprint density at radius 3 is 2.00 bits per heavy atom. The van der Waals surface area contributed by atoms with Crippen LogP contribution in [-0.2, 0) is 0 Å². The van der Waals surface area contributed by atoms with E-state index < -0.39 is 0 Å². The molecule has 0 amide bonds. The maximum Gasteiger partial charge on any atom is 0.159 e. The first-order chi connectivity index (χ1) is 19.3. The number of rotatable bonds is 1. The van der Waals surface area contributed by atoms with E-state index in [-0.39, 0.29) is 0 Å². The van der Waals surface area contributed by atoms with E-state index in [1.807, 2.05) is 29.5 Å². The molecule has 0 bridgehead atoms. The van der Waals surface area contributed by atoms with Crippen LogP contribution in [0.4, 0.5) is 0 Å². The first-order valence-electron chi connectivity index (χ1n) is 13.2. The first kappa shape index (κ1) is 21.2. The van der Waals surface area contributed by atoms with Gasteiger partial charge in [-0.1, -0.05) is 91.0 Å². The van der Waals surface area contributed by atoms with Crippen LogP contribution >= 0.6 is 11.3 Å². The molecular formula is C35H21N3S. The molecule has 0 N–H and O–H groups in total. The van der Waals surface area contributed by atoms with Gasteiger partial charge in [0.05, 0.1) is 32.5 Å². The molecule has 3 nitrogen and oxygen atoms in total. The zero-order valence-corrected chi connectivity index (χ0v) is 22.0. The van der Waals surface area contributed by atoms with E-state index in [0.717, 1.165) is 28.1 Å². The minimum absolute atomic E-state index is 0.888. The van der Waals surface area contributed by atoms with Crippen LogP contribution < -0.4 is 0 Å². The number of para-hydroxylation sites is 3. The van der Waals surface area contributed by atoms with Gasteiger partial charge in [0.15, 0.2) is 5.82 Å². The van der Waals surface area contributed by atoms with E-state index >= 15 is 0 Å². The molecule has 0 aliphatic heterocycles. The van der Waals surface area contributed by atoms with Crippen molar-refractivity contribution < 1.29 is 0 Å². The number of hydrogen-bond acceptors (Lipinski definition) is 3. The summed E-state index contributed by atoms with van der Waals surface area (Å²) in [5, 5.41) is 10.3. The molecule has 9 rings (SSSR count). The maximum absolute atomic E-state index is 5.21. The topological polar surface area (TPSA) is 30.7 Å². The minimum Gasteiger partial charge on any atom is -0.291 e. The second kappa shape index (κ2) is 7.62. The summed E-state index contributed by atoms with van der Waals surface area (Å²) < 4.78 is 4.99. The summed E-state index contributed by atoms with van der Waals surface area (Å²) in [7, 11) is 0. The third-order valence-electron chi connectivity index (χ3n) is 8.07. The van der Waals surface area contributed by atoms with Crippen molar-refractivity contribution in [3.05, 3.63) is 115 Å². The lowest BCUT2D eigenvalue weighted by atomic mass is 9.98. The largest absolute Gasteiger partial charge is 0.291 e. The molecule has 0 saturated carbocycles. The predicted molar refractivity (Wildman–Crippen MR) is 167 cm³/mol. The summed E-state index contributed by atoms with van der Waals surface area (Å²) in [5.74, 6) is 0.888. The molecule has 4 heteroatoms. The highest BCUT2D eigenvalue weighted by atomic mass is 32.1. The van der Waals surface area contributed by atoms with E-state index in [2.05, 4.69) is 102 Å². The zero-order chi connectivity index (χ0) is 25.7. The fourth-order valence-electron chi connectivity index (χ4n) is 6.42. The molecule has 0 atom stereocenters. The number of aromatic nitrogens is 3. The van der Waals surface area contributed by atoms with Crippen LogP contribution in [0.3, 0.4) is 0 Å². The lowest BCUT2D eigenvalue weighted by Gasteiger charge is -2.12. The van der Waals surface area contributed by atoms with E-state index in [4.69, 9.17) is 9.97 Å². The molecule has 0 aliphatic rings. The van der Waals surface area contributed by atoms with Gasteiger partial charge in [0.2, 0.25) is 0 Å². The van der Waals surface area contributed by atoms with Gasteiger partial charge in [-0.2, -0.15) is 0 Å². The van der Waals surface area contributed by atoms with Gasteiger partial charge < -0.3 is 0 Å². The molecule has 6 aromatic carbocycles. The molecule has 0 aliphatic carbocycles. The lowest BCUT2D eigenvalue weighted by Crippen LogP contribution is -2.03. The highest BCUT2D eigenvalue weighted by molar-refractivity contribution is 7.27. The Morgan fingerprint density at radius 2 is 1.18 bits per heavy atom. The lowest BCUT2D eigenvalue weighted by molar-refractivity contribution is 1.03. The van der Waals surface area contributed by atoms with Crippen LogP contribution in [0.2, 0.25) is 0 Å². The Hall–Kier alpha value is -4.80. The van der Waals surface area contributed by atoms with Crippen molar-refractivity contribution in [2.75, 3.05) is 0 Å². The molecule has 9 aromatic rings. The van der Waals surface area contributed by atoms with Crippen molar-refractivity contribution in [3.8, 4) is 5.82 Å². The van der Waals surface area contributed by atoms with Crippen LogP contribution in [0.5, 0.6) is 0 Å². The number of aryl methyl sites for hydroxylation is 1. The fourth-order valence-corrected chi connectivity index (χ4v) is 7.81. The van der Waals surface area contributed by atoms with Crippen LogP contribution in [-0.4, -0.2) is 14.5 Å². The minimum atomic E-state index is 0.888. The molecule has 182 valence electrons. The van der Waals surface area contributed by atoms with Crippen LogP contribution in [0.1, 0.15) is 5.69 Å². The smallest absolute Gasteiger partial charge is 0.159 e. The van der Waals surface area contributed by atoms with Crippen molar-refractivity contribution >= 4 is 85.9 Å². The molecule has 0 saturated heterocycles. The number of nitrogens with zero attached hydrogens (tertiary/aromatic N) is 3. The van der Waals surface area contributed by atoms with E-state index in [1.165, 1.54) is 58.0 Å². The average Bonchev–Trinajstić information content (AvgIpc) is 3.54. The Bertz CT molecular complexity index is 2460. The summed E-state index contributed by atoms with van der Waals surface area (Å²) >= 11 is 1.90. The van der Waals surface area contributed by atoms with Crippen molar-refractivity contribution in [2.45, 2.75) is 6.92 Å². The maximum atomic E-state index is 5.21. The molecule has 0 spiro atoms. The second-order valence-electron chi connectivity index (χ2n) is 10.2. The van der Waals surface area contributed by atoms with Gasteiger partial charge in [-0.05, 0) is 46.7 Å². The number of thiophene rings is 1. The third kappa shape index (κ3) is 2.76. The standard InChI is InChI=1S/C35H21N3S/c1-20-35(37-28-16-8-7-15-27(28)36-20)38-29-17-9-6-14-25(29)30-23-12-4-5-13-24(23)31-26-19-18-21-10-2-3-11-22(21)33(26)39-34(31)32(30)38/h2-19H,1H3. The van der Waals surface area contributed by atoms with E-state index in [1.54, 1.807) is 0 Å². The van der Waals surface area contributed by atoms with E-state index in [0.29, 0.717) is 0 Å². The predicted octanol–water partition coefficient (Wildman–Crippen LogP) is 9.71. The first-order valence-corrected chi connectivity index (χ1v) is 14.0. The quantitative estimate of drug-likeness (QED) is 0.218. The SMILES string of the molecule is Cc1nc2ccccc2nc1-n1c2ccccc2c2c3ccccc3c3c4ccc5ccccc5c4sc3c21. The Balaban J connectivity index is 1.60. The van der Waals surface area contributed by atoms with Crippen LogP contribution in [0.15, 0.2) is 109 Å². The normalized spacial score (nSPS) is 12.2. The second-order valence-corrected chi connectivity index (χ2v) is 11.2. The molecule has 0 unspecified atom stereocenters. The summed E-state index contributed by atoms with van der Waals surface area (Å²) in [6.07, 6.45) is 0. The van der Waals surface area contributed by atoms with Crippen LogP contribution in [0, 0.1) is 6.92 Å². The monoisotopic (exact) mass is 515 g/mol. The molecule has 39 heavy (non-hydrogen) atoms. The summed E-state index contributed by atoms with van der Waals surface area (Å²) in [4.78, 5) is 10.2. The number of fused-ring (bicyclic) bond motifs is 13. The number of hydrogen-bond donors (Lipinski definition) is 0. The van der Waals surface area contributed by atoms with Gasteiger partial charge in [-0.3, -0.25) is 4.57 Å². The molecular weight excluding hydrogens is 494 g/mol. The molecule has 0 radical (unpaired) electrons. The van der Waals surface area contributed by atoms with Crippen molar-refractivity contribution in [3.63, 3.8) is 0 Å². The van der Waals surface area contributed by atoms with Crippen molar-refractivity contribution in [2.24, 2.45) is 0 Å². The summed E-state index contributed by atoms with van der Waals surface area (Å²) in [6, 6.07) is 39.0. The summed E-state index contributed by atoms with van der Waals surface area (Å²) in [5.41, 5.74) is 5.11. The van der Waals surface area contributed by atoms with Gasteiger partial charge in [-0.15, -0.1) is 11.3 Å².